The van der Waals surface area contributed by atoms with Crippen LogP contribution in [0.2, 0.25) is 0 Å². The minimum absolute atomic E-state index is 0.00372. The molecule has 0 unspecified atom stereocenters. The minimum Gasteiger partial charge on any atom is -0.438 e. The number of rotatable bonds is 5. The molecule has 0 fully saturated rings. The van der Waals surface area contributed by atoms with Crippen molar-refractivity contribution in [1.29, 1.82) is 5.26 Å². The summed E-state index contributed by atoms with van der Waals surface area (Å²) in [5.74, 6) is -0.0898. The molecule has 0 bridgehead atoms. The zero-order valence-electron chi connectivity index (χ0n) is 19.9. The molecule has 4 aromatic rings. The summed E-state index contributed by atoms with van der Waals surface area (Å²) in [6.45, 7) is 7.49. The number of aromatic nitrogens is 2. The molecule has 0 spiro atoms. The second-order valence-electron chi connectivity index (χ2n) is 8.33. The fourth-order valence-electron chi connectivity index (χ4n) is 3.62. The van der Waals surface area contributed by atoms with Crippen molar-refractivity contribution in [3.8, 4) is 17.7 Å². The van der Waals surface area contributed by atoms with Crippen LogP contribution in [0.3, 0.4) is 0 Å². The van der Waals surface area contributed by atoms with Gasteiger partial charge in [-0.25, -0.2) is 0 Å². The number of para-hydroxylation sites is 1. The SMILES string of the molecule is Cc1ccc(C)c(NC(=O)/C(C#N)=C\c2c(Oc3ccccc3C)nc3c(C)cccn3c2=O)c1. The van der Waals surface area contributed by atoms with E-state index in [1.807, 2.05) is 76.2 Å². The summed E-state index contributed by atoms with van der Waals surface area (Å²) >= 11 is 0. The van der Waals surface area contributed by atoms with Gasteiger partial charge in [0.15, 0.2) is 0 Å². The molecule has 0 atom stereocenters. The molecule has 0 radical (unpaired) electrons. The molecule has 4 rings (SSSR count). The van der Waals surface area contributed by atoms with E-state index in [-0.39, 0.29) is 17.0 Å². The third-order valence-electron chi connectivity index (χ3n) is 5.64. The van der Waals surface area contributed by atoms with Gasteiger partial charge in [-0.15, -0.1) is 0 Å². The molecule has 0 aliphatic carbocycles. The maximum absolute atomic E-state index is 13.5. The second kappa shape index (κ2) is 9.65. The topological polar surface area (TPSA) is 96.5 Å². The van der Waals surface area contributed by atoms with Gasteiger partial charge in [0.2, 0.25) is 5.88 Å². The lowest BCUT2D eigenvalue weighted by molar-refractivity contribution is -0.112. The normalized spacial score (nSPS) is 11.2. The molecule has 1 amide bonds. The summed E-state index contributed by atoms with van der Waals surface area (Å²) in [5, 5.41) is 12.6. The standard InChI is InChI=1S/C28H24N4O3/c1-17-11-12-18(2)23(14-17)30-26(33)21(16-29)15-22-27(35-24-10-6-5-8-19(24)3)31-25-20(4)9-7-13-32(25)28(22)34/h5-15H,1-4H3,(H,30,33)/b21-15-. The van der Waals surface area contributed by atoms with Crippen LogP contribution in [-0.4, -0.2) is 15.3 Å². The average Bonchev–Trinajstić information content (AvgIpc) is 2.83. The first kappa shape index (κ1) is 23.5. The van der Waals surface area contributed by atoms with Crippen LogP contribution in [0, 0.1) is 39.0 Å². The van der Waals surface area contributed by atoms with Crippen LogP contribution in [0.25, 0.3) is 11.7 Å². The lowest BCUT2D eigenvalue weighted by atomic mass is 10.1. The first-order valence-corrected chi connectivity index (χ1v) is 11.0. The Morgan fingerprint density at radius 1 is 1.03 bits per heavy atom. The van der Waals surface area contributed by atoms with Crippen LogP contribution in [0.1, 0.15) is 27.8 Å². The first-order valence-electron chi connectivity index (χ1n) is 11.0. The highest BCUT2D eigenvalue weighted by molar-refractivity contribution is 6.10. The highest BCUT2D eigenvalue weighted by Crippen LogP contribution is 2.27. The minimum atomic E-state index is -0.628. The van der Waals surface area contributed by atoms with Crippen LogP contribution in [-0.2, 0) is 4.79 Å². The van der Waals surface area contributed by atoms with Gasteiger partial charge in [0, 0.05) is 11.9 Å². The Morgan fingerprint density at radius 3 is 2.51 bits per heavy atom. The number of nitrogens with one attached hydrogen (secondary N) is 1. The van der Waals surface area contributed by atoms with E-state index in [2.05, 4.69) is 10.3 Å². The van der Waals surface area contributed by atoms with Crippen LogP contribution < -0.4 is 15.6 Å². The van der Waals surface area contributed by atoms with E-state index in [0.717, 1.165) is 22.3 Å². The molecular weight excluding hydrogens is 440 g/mol. The van der Waals surface area contributed by atoms with E-state index in [1.54, 1.807) is 18.3 Å². The second-order valence-corrected chi connectivity index (χ2v) is 8.33. The molecular formula is C28H24N4O3. The molecule has 2 aromatic heterocycles. The zero-order chi connectivity index (χ0) is 25.1. The zero-order valence-corrected chi connectivity index (χ0v) is 19.9. The quantitative estimate of drug-likeness (QED) is 0.321. The maximum Gasteiger partial charge on any atom is 0.269 e. The fraction of sp³-hybridized carbons (Fsp3) is 0.143. The number of hydrogen-bond acceptors (Lipinski definition) is 5. The summed E-state index contributed by atoms with van der Waals surface area (Å²) < 4.78 is 7.43. The number of fused-ring (bicyclic) bond motifs is 1. The van der Waals surface area contributed by atoms with E-state index in [1.165, 1.54) is 10.5 Å². The van der Waals surface area contributed by atoms with Crippen molar-refractivity contribution in [2.24, 2.45) is 0 Å². The number of nitrogens with zero attached hydrogens (tertiary/aromatic N) is 3. The van der Waals surface area contributed by atoms with Crippen molar-refractivity contribution < 1.29 is 9.53 Å². The highest BCUT2D eigenvalue weighted by Gasteiger charge is 2.19. The molecule has 35 heavy (non-hydrogen) atoms. The fourth-order valence-corrected chi connectivity index (χ4v) is 3.62. The molecule has 174 valence electrons. The lowest BCUT2D eigenvalue weighted by Crippen LogP contribution is -2.21. The predicted molar refractivity (Wildman–Crippen MR) is 136 cm³/mol. The molecule has 2 aromatic carbocycles. The third kappa shape index (κ3) is 4.82. The van der Waals surface area contributed by atoms with Gasteiger partial charge in [-0.1, -0.05) is 36.4 Å². The molecule has 0 aliphatic heterocycles. The van der Waals surface area contributed by atoms with Crippen LogP contribution >= 0.6 is 0 Å². The van der Waals surface area contributed by atoms with Gasteiger partial charge in [0.05, 0.1) is 0 Å². The van der Waals surface area contributed by atoms with E-state index < -0.39 is 11.5 Å². The summed E-state index contributed by atoms with van der Waals surface area (Å²) in [4.78, 5) is 31.0. The van der Waals surface area contributed by atoms with Crippen molar-refractivity contribution in [1.82, 2.24) is 9.38 Å². The van der Waals surface area contributed by atoms with Gasteiger partial charge in [0.25, 0.3) is 11.5 Å². The van der Waals surface area contributed by atoms with Gasteiger partial charge < -0.3 is 10.1 Å². The number of anilines is 1. The summed E-state index contributed by atoms with van der Waals surface area (Å²) in [6.07, 6.45) is 2.83. The number of nitriles is 1. The van der Waals surface area contributed by atoms with Crippen LogP contribution in [0.15, 0.2) is 71.2 Å². The highest BCUT2D eigenvalue weighted by atomic mass is 16.5. The Balaban J connectivity index is 1.85. The largest absolute Gasteiger partial charge is 0.438 e. The smallest absolute Gasteiger partial charge is 0.269 e. The van der Waals surface area contributed by atoms with Gasteiger partial charge in [-0.3, -0.25) is 14.0 Å². The monoisotopic (exact) mass is 464 g/mol. The summed E-state index contributed by atoms with van der Waals surface area (Å²) in [5.41, 5.74) is 3.78. The molecule has 2 heterocycles. The average molecular weight is 465 g/mol. The molecule has 7 nitrogen and oxygen atoms in total. The van der Waals surface area contributed by atoms with Crippen molar-refractivity contribution >= 4 is 23.3 Å². The molecule has 0 aliphatic rings. The van der Waals surface area contributed by atoms with Crippen molar-refractivity contribution in [3.63, 3.8) is 0 Å². The van der Waals surface area contributed by atoms with Crippen LogP contribution in [0.5, 0.6) is 11.6 Å². The Hall–Kier alpha value is -4.70. The van der Waals surface area contributed by atoms with Gasteiger partial charge in [-0.05, 0) is 74.2 Å². The number of benzene rings is 2. The van der Waals surface area contributed by atoms with Gasteiger partial charge in [0.1, 0.15) is 28.6 Å². The molecule has 7 heteroatoms. The third-order valence-corrected chi connectivity index (χ3v) is 5.64. The number of amides is 1. The van der Waals surface area contributed by atoms with E-state index in [0.29, 0.717) is 17.1 Å². The van der Waals surface area contributed by atoms with Gasteiger partial charge >= 0.3 is 0 Å². The number of carbonyl (C=O) groups excluding carboxylic acids is 1. The Labute approximate surface area is 203 Å². The Bertz CT molecular complexity index is 1590. The van der Waals surface area contributed by atoms with E-state index >= 15 is 0 Å². The van der Waals surface area contributed by atoms with Crippen LogP contribution in [0.4, 0.5) is 5.69 Å². The number of aryl methyl sites for hydroxylation is 4. The Kier molecular flexibility index (Phi) is 6.47. The number of pyridine rings is 1. The Morgan fingerprint density at radius 2 is 1.77 bits per heavy atom. The number of ether oxygens (including phenoxy) is 1. The van der Waals surface area contributed by atoms with E-state index in [4.69, 9.17) is 4.74 Å². The molecule has 1 N–H and O–H groups in total. The van der Waals surface area contributed by atoms with Crippen molar-refractivity contribution in [2.75, 3.05) is 5.32 Å². The van der Waals surface area contributed by atoms with Crippen molar-refractivity contribution in [2.45, 2.75) is 27.7 Å². The van der Waals surface area contributed by atoms with Crippen molar-refractivity contribution in [3.05, 3.63) is 105 Å². The van der Waals surface area contributed by atoms with E-state index in [9.17, 15) is 14.9 Å². The predicted octanol–water partition coefficient (Wildman–Crippen LogP) is 5.27. The summed E-state index contributed by atoms with van der Waals surface area (Å²) in [6, 6.07) is 18.5. The maximum atomic E-state index is 13.5. The number of hydrogen-bond donors (Lipinski definition) is 1. The molecule has 0 saturated carbocycles. The summed E-state index contributed by atoms with van der Waals surface area (Å²) in [7, 11) is 0. The van der Waals surface area contributed by atoms with Gasteiger partial charge in [-0.2, -0.15) is 10.2 Å². The molecule has 0 saturated heterocycles. The number of carbonyl (C=O) groups is 1. The first-order chi connectivity index (χ1) is 16.8. The lowest BCUT2D eigenvalue weighted by Gasteiger charge is -2.13.